The first-order valence-electron chi connectivity index (χ1n) is 8.42. The molecule has 0 radical (unpaired) electrons. The number of rotatable bonds is 5. The summed E-state index contributed by atoms with van der Waals surface area (Å²) in [6, 6.07) is 10.4. The second-order valence-corrected chi connectivity index (χ2v) is 6.21. The van der Waals surface area contributed by atoms with E-state index in [1.54, 1.807) is 42.5 Å². The number of ether oxygens (including phenoxy) is 2. The van der Waals surface area contributed by atoms with Gasteiger partial charge in [-0.05, 0) is 55.5 Å². The molecule has 0 spiro atoms. The monoisotopic (exact) mass is 400 g/mol. The van der Waals surface area contributed by atoms with E-state index in [4.69, 9.17) is 21.1 Å². The Morgan fingerprint density at radius 2 is 1.82 bits per heavy atom. The fourth-order valence-electron chi connectivity index (χ4n) is 2.70. The highest BCUT2D eigenvalue weighted by molar-refractivity contribution is 6.39. The molecule has 0 saturated carbocycles. The molecule has 1 fully saturated rings. The van der Waals surface area contributed by atoms with Crippen molar-refractivity contribution >= 4 is 41.2 Å². The summed E-state index contributed by atoms with van der Waals surface area (Å²) in [7, 11) is 1.51. The summed E-state index contributed by atoms with van der Waals surface area (Å²) in [4.78, 5) is 38.4. The Labute approximate surface area is 166 Å². The van der Waals surface area contributed by atoms with Crippen LogP contribution >= 0.6 is 11.6 Å². The minimum Gasteiger partial charge on any atom is -0.497 e. The van der Waals surface area contributed by atoms with E-state index < -0.39 is 17.8 Å². The zero-order chi connectivity index (χ0) is 20.3. The summed E-state index contributed by atoms with van der Waals surface area (Å²) in [5.41, 5.74) is 0.549. The first-order chi connectivity index (χ1) is 13.4. The molecule has 1 saturated heterocycles. The van der Waals surface area contributed by atoms with Crippen LogP contribution in [0.3, 0.4) is 0 Å². The smallest absolute Gasteiger partial charge is 0.335 e. The number of anilines is 1. The van der Waals surface area contributed by atoms with Gasteiger partial charge in [0.25, 0.3) is 11.8 Å². The van der Waals surface area contributed by atoms with E-state index in [1.165, 1.54) is 13.2 Å². The van der Waals surface area contributed by atoms with E-state index >= 15 is 0 Å². The Morgan fingerprint density at radius 1 is 1.11 bits per heavy atom. The molecule has 0 atom stereocenters. The number of benzene rings is 2. The number of imide groups is 2. The van der Waals surface area contributed by atoms with Crippen molar-refractivity contribution in [3.8, 4) is 11.5 Å². The highest BCUT2D eigenvalue weighted by Gasteiger charge is 2.37. The van der Waals surface area contributed by atoms with E-state index in [-0.39, 0.29) is 5.57 Å². The van der Waals surface area contributed by atoms with Crippen molar-refractivity contribution in [3.63, 3.8) is 0 Å². The maximum Gasteiger partial charge on any atom is 0.335 e. The molecule has 4 amide bonds. The fraction of sp³-hybridized carbons (Fsp3) is 0.150. The largest absolute Gasteiger partial charge is 0.497 e. The molecule has 1 aliphatic rings. The summed E-state index contributed by atoms with van der Waals surface area (Å²) in [6.45, 7) is 2.21. The van der Waals surface area contributed by atoms with Crippen LogP contribution in [0.2, 0.25) is 5.02 Å². The number of urea groups is 1. The molecule has 8 heteroatoms. The lowest BCUT2D eigenvalue weighted by molar-refractivity contribution is -0.122. The Bertz CT molecular complexity index is 969. The van der Waals surface area contributed by atoms with Crippen molar-refractivity contribution in [1.29, 1.82) is 0 Å². The molecule has 1 aliphatic heterocycles. The average molecular weight is 401 g/mol. The van der Waals surface area contributed by atoms with Crippen LogP contribution in [0.1, 0.15) is 12.5 Å². The van der Waals surface area contributed by atoms with Crippen molar-refractivity contribution in [1.82, 2.24) is 5.32 Å². The summed E-state index contributed by atoms with van der Waals surface area (Å²) in [5.74, 6) is -0.503. The molecule has 3 rings (SSSR count). The van der Waals surface area contributed by atoms with Gasteiger partial charge in [-0.15, -0.1) is 0 Å². The highest BCUT2D eigenvalue weighted by Crippen LogP contribution is 2.28. The van der Waals surface area contributed by atoms with Gasteiger partial charge in [0.1, 0.15) is 17.1 Å². The number of halogens is 1. The molecule has 0 aliphatic carbocycles. The van der Waals surface area contributed by atoms with Gasteiger partial charge in [0.05, 0.1) is 19.4 Å². The number of carbonyl (C=O) groups is 3. The minimum atomic E-state index is -0.826. The van der Waals surface area contributed by atoms with Crippen molar-refractivity contribution in [2.75, 3.05) is 18.6 Å². The number of amides is 4. The van der Waals surface area contributed by atoms with E-state index in [1.807, 2.05) is 6.92 Å². The first-order valence-corrected chi connectivity index (χ1v) is 8.80. The standard InChI is InChI=1S/C20H17ClN2O5/c1-3-28-17-9-4-13(21)10-12(17)11-16-18(24)22-20(26)23(19(16)25)14-5-7-15(27-2)8-6-14/h4-11H,3H2,1-2H3,(H,22,24,26)/b16-11+. The van der Waals surface area contributed by atoms with E-state index in [0.29, 0.717) is 34.4 Å². The predicted octanol–water partition coefficient (Wildman–Crippen LogP) is 3.41. The van der Waals surface area contributed by atoms with Gasteiger partial charge in [0.2, 0.25) is 0 Å². The average Bonchev–Trinajstić information content (AvgIpc) is 2.67. The zero-order valence-electron chi connectivity index (χ0n) is 15.2. The van der Waals surface area contributed by atoms with E-state index in [2.05, 4.69) is 5.32 Å². The maximum absolute atomic E-state index is 12.9. The Morgan fingerprint density at radius 3 is 2.46 bits per heavy atom. The first kappa shape index (κ1) is 19.4. The van der Waals surface area contributed by atoms with Crippen LogP contribution in [0.4, 0.5) is 10.5 Å². The number of hydrogen-bond donors (Lipinski definition) is 1. The van der Waals surface area contributed by atoms with Crippen LogP contribution in [0.15, 0.2) is 48.0 Å². The van der Waals surface area contributed by atoms with Gasteiger partial charge >= 0.3 is 6.03 Å². The quantitative estimate of drug-likeness (QED) is 0.614. The maximum atomic E-state index is 12.9. The molecule has 0 unspecified atom stereocenters. The van der Waals surface area contributed by atoms with Crippen molar-refractivity contribution in [3.05, 3.63) is 58.6 Å². The van der Waals surface area contributed by atoms with Crippen LogP contribution in [0.5, 0.6) is 11.5 Å². The number of carbonyl (C=O) groups excluding carboxylic acids is 3. The van der Waals surface area contributed by atoms with E-state index in [0.717, 1.165) is 4.90 Å². The van der Waals surface area contributed by atoms with Crippen LogP contribution in [0.25, 0.3) is 6.08 Å². The van der Waals surface area contributed by atoms with Gasteiger partial charge in [-0.25, -0.2) is 9.69 Å². The van der Waals surface area contributed by atoms with Gasteiger partial charge in [-0.3, -0.25) is 14.9 Å². The van der Waals surface area contributed by atoms with Gasteiger partial charge in [0.15, 0.2) is 0 Å². The number of barbiturate groups is 1. The van der Waals surface area contributed by atoms with Crippen molar-refractivity contribution < 1.29 is 23.9 Å². The minimum absolute atomic E-state index is 0.210. The molecular weight excluding hydrogens is 384 g/mol. The van der Waals surface area contributed by atoms with Gasteiger partial charge in [-0.2, -0.15) is 0 Å². The molecule has 1 N–H and O–H groups in total. The molecule has 2 aromatic rings. The molecule has 0 bridgehead atoms. The predicted molar refractivity (Wildman–Crippen MR) is 105 cm³/mol. The van der Waals surface area contributed by atoms with Gasteiger partial charge < -0.3 is 9.47 Å². The normalized spacial score (nSPS) is 15.6. The number of methoxy groups -OCH3 is 1. The molecular formula is C20H17ClN2O5. The molecule has 2 aromatic carbocycles. The van der Waals surface area contributed by atoms with Crippen LogP contribution in [-0.2, 0) is 9.59 Å². The lowest BCUT2D eigenvalue weighted by Gasteiger charge is -2.26. The molecule has 7 nitrogen and oxygen atoms in total. The van der Waals surface area contributed by atoms with E-state index in [9.17, 15) is 14.4 Å². The van der Waals surface area contributed by atoms with Gasteiger partial charge in [-0.1, -0.05) is 11.6 Å². The Hall–Kier alpha value is -3.32. The van der Waals surface area contributed by atoms with Crippen molar-refractivity contribution in [2.45, 2.75) is 6.92 Å². The zero-order valence-corrected chi connectivity index (χ0v) is 15.9. The summed E-state index contributed by atoms with van der Waals surface area (Å²) < 4.78 is 10.6. The third kappa shape index (κ3) is 3.84. The lowest BCUT2D eigenvalue weighted by Crippen LogP contribution is -2.54. The number of nitrogens with zero attached hydrogens (tertiary/aromatic N) is 1. The summed E-state index contributed by atoms with van der Waals surface area (Å²) in [6.07, 6.45) is 1.36. The second kappa shape index (κ2) is 8.14. The lowest BCUT2D eigenvalue weighted by atomic mass is 10.1. The highest BCUT2D eigenvalue weighted by atomic mass is 35.5. The number of hydrogen-bond acceptors (Lipinski definition) is 5. The van der Waals surface area contributed by atoms with Crippen LogP contribution in [0, 0.1) is 0 Å². The van der Waals surface area contributed by atoms with Crippen LogP contribution in [-0.4, -0.2) is 31.6 Å². The van der Waals surface area contributed by atoms with Crippen LogP contribution < -0.4 is 19.7 Å². The number of nitrogens with one attached hydrogen (secondary N) is 1. The molecule has 28 heavy (non-hydrogen) atoms. The topological polar surface area (TPSA) is 84.9 Å². The third-order valence-electron chi connectivity index (χ3n) is 4.00. The molecule has 1 heterocycles. The molecule has 144 valence electrons. The summed E-state index contributed by atoms with van der Waals surface area (Å²) in [5, 5.41) is 2.60. The Kier molecular flexibility index (Phi) is 5.65. The van der Waals surface area contributed by atoms with Gasteiger partial charge in [0, 0.05) is 10.6 Å². The SMILES string of the molecule is CCOc1ccc(Cl)cc1/C=C1\C(=O)NC(=O)N(c2ccc(OC)cc2)C1=O. The Balaban J connectivity index is 2.02. The fourth-order valence-corrected chi connectivity index (χ4v) is 2.88. The third-order valence-corrected chi connectivity index (χ3v) is 4.24. The summed E-state index contributed by atoms with van der Waals surface area (Å²) >= 11 is 6.04. The van der Waals surface area contributed by atoms with Crippen molar-refractivity contribution in [2.24, 2.45) is 0 Å². The molecule has 0 aromatic heterocycles. The second-order valence-electron chi connectivity index (χ2n) is 5.77.